The third-order valence-corrected chi connectivity index (χ3v) is 3.82. The van der Waals surface area contributed by atoms with Gasteiger partial charge in [-0.2, -0.15) is 5.10 Å². The second-order valence-corrected chi connectivity index (χ2v) is 5.61. The molecule has 0 saturated heterocycles. The van der Waals surface area contributed by atoms with Crippen LogP contribution in [0, 0.1) is 13.8 Å². The second kappa shape index (κ2) is 5.53. The highest BCUT2D eigenvalue weighted by Gasteiger charge is 2.15. The first kappa shape index (κ1) is 14.4. The predicted octanol–water partition coefficient (Wildman–Crippen LogP) is 3.87. The minimum atomic E-state index is -0.0245. The van der Waals surface area contributed by atoms with Gasteiger partial charge in [0.1, 0.15) is 0 Å². The van der Waals surface area contributed by atoms with Gasteiger partial charge in [-0.1, -0.05) is 23.2 Å². The van der Waals surface area contributed by atoms with E-state index in [-0.39, 0.29) is 6.04 Å². The predicted molar refractivity (Wildman–Crippen MR) is 79.9 cm³/mol. The summed E-state index contributed by atoms with van der Waals surface area (Å²) in [5.74, 6) is 0. The fourth-order valence-corrected chi connectivity index (χ4v) is 2.72. The molecule has 1 unspecified atom stereocenters. The number of aryl methyl sites for hydroxylation is 1. The molecule has 5 heteroatoms. The molecule has 3 nitrogen and oxygen atoms in total. The standard InChI is InChI=1S/C14H17Cl2N3/c1-8(17)14-9(2)18-19(10(14)3)7-11-6-12(15)4-5-13(11)16/h4-6,8H,7,17H2,1-3H3. The number of halogens is 2. The minimum Gasteiger partial charge on any atom is -0.324 e. The van der Waals surface area contributed by atoms with Crippen molar-refractivity contribution in [2.24, 2.45) is 5.73 Å². The van der Waals surface area contributed by atoms with Gasteiger partial charge >= 0.3 is 0 Å². The maximum atomic E-state index is 6.18. The Labute approximate surface area is 123 Å². The number of nitrogens with two attached hydrogens (primary N) is 1. The third-order valence-electron chi connectivity index (χ3n) is 3.22. The maximum absolute atomic E-state index is 6.18. The number of rotatable bonds is 3. The van der Waals surface area contributed by atoms with Crippen LogP contribution in [0.4, 0.5) is 0 Å². The lowest BCUT2D eigenvalue weighted by molar-refractivity contribution is 0.656. The van der Waals surface area contributed by atoms with Crippen LogP contribution < -0.4 is 5.73 Å². The van der Waals surface area contributed by atoms with Gasteiger partial charge in [0.2, 0.25) is 0 Å². The molecule has 1 aromatic heterocycles. The average Bonchev–Trinajstić information content (AvgIpc) is 2.59. The largest absolute Gasteiger partial charge is 0.324 e. The van der Waals surface area contributed by atoms with Crippen molar-refractivity contribution in [2.45, 2.75) is 33.4 Å². The van der Waals surface area contributed by atoms with Gasteiger partial charge < -0.3 is 5.73 Å². The summed E-state index contributed by atoms with van der Waals surface area (Å²) in [4.78, 5) is 0. The molecule has 2 N–H and O–H groups in total. The molecule has 1 heterocycles. The molecule has 0 bridgehead atoms. The van der Waals surface area contributed by atoms with Crippen molar-refractivity contribution in [1.29, 1.82) is 0 Å². The van der Waals surface area contributed by atoms with Gasteiger partial charge in [0.25, 0.3) is 0 Å². The van der Waals surface area contributed by atoms with Crippen LogP contribution in [0.1, 0.15) is 35.5 Å². The highest BCUT2D eigenvalue weighted by atomic mass is 35.5. The van der Waals surface area contributed by atoms with Crippen molar-refractivity contribution in [3.63, 3.8) is 0 Å². The molecule has 0 fully saturated rings. The fraction of sp³-hybridized carbons (Fsp3) is 0.357. The Morgan fingerprint density at radius 3 is 2.58 bits per heavy atom. The molecule has 0 aliphatic carbocycles. The Morgan fingerprint density at radius 1 is 1.32 bits per heavy atom. The molecule has 0 aliphatic rings. The monoisotopic (exact) mass is 297 g/mol. The number of nitrogens with zero attached hydrogens (tertiary/aromatic N) is 2. The zero-order valence-electron chi connectivity index (χ0n) is 11.2. The van der Waals surface area contributed by atoms with Gasteiger partial charge in [-0.15, -0.1) is 0 Å². The number of benzene rings is 1. The van der Waals surface area contributed by atoms with Gasteiger partial charge in [0, 0.05) is 27.3 Å². The minimum absolute atomic E-state index is 0.0245. The van der Waals surface area contributed by atoms with Gasteiger partial charge in [-0.25, -0.2) is 0 Å². The van der Waals surface area contributed by atoms with E-state index in [2.05, 4.69) is 5.10 Å². The number of aromatic nitrogens is 2. The number of hydrogen-bond donors (Lipinski definition) is 1. The molecule has 1 aromatic carbocycles. The van der Waals surface area contributed by atoms with Crippen LogP contribution in [0.3, 0.4) is 0 Å². The van der Waals surface area contributed by atoms with Crippen molar-refractivity contribution < 1.29 is 0 Å². The van der Waals surface area contributed by atoms with E-state index in [1.54, 1.807) is 12.1 Å². The van der Waals surface area contributed by atoms with E-state index in [1.807, 2.05) is 31.5 Å². The first-order valence-electron chi connectivity index (χ1n) is 6.13. The topological polar surface area (TPSA) is 43.8 Å². The molecule has 0 radical (unpaired) electrons. The molecular formula is C14H17Cl2N3. The normalized spacial score (nSPS) is 12.7. The molecule has 102 valence electrons. The summed E-state index contributed by atoms with van der Waals surface area (Å²) in [6, 6.07) is 5.43. The molecule has 0 amide bonds. The molecule has 2 rings (SSSR count). The van der Waals surface area contributed by atoms with Crippen molar-refractivity contribution in [3.05, 3.63) is 50.8 Å². The third kappa shape index (κ3) is 2.94. The van der Waals surface area contributed by atoms with Crippen LogP contribution in [-0.4, -0.2) is 9.78 Å². The van der Waals surface area contributed by atoms with Crippen LogP contribution >= 0.6 is 23.2 Å². The zero-order chi connectivity index (χ0) is 14.2. The summed E-state index contributed by atoms with van der Waals surface area (Å²) in [5.41, 5.74) is 10.1. The summed E-state index contributed by atoms with van der Waals surface area (Å²) in [7, 11) is 0. The summed E-state index contributed by atoms with van der Waals surface area (Å²) in [6.07, 6.45) is 0. The van der Waals surface area contributed by atoms with Crippen LogP contribution in [0.25, 0.3) is 0 Å². The van der Waals surface area contributed by atoms with Gasteiger partial charge in [-0.05, 0) is 44.5 Å². The smallest absolute Gasteiger partial charge is 0.0677 e. The van der Waals surface area contributed by atoms with Crippen molar-refractivity contribution in [1.82, 2.24) is 9.78 Å². The Morgan fingerprint density at radius 2 is 2.00 bits per heavy atom. The van der Waals surface area contributed by atoms with E-state index < -0.39 is 0 Å². The average molecular weight is 298 g/mol. The van der Waals surface area contributed by atoms with E-state index >= 15 is 0 Å². The SMILES string of the molecule is Cc1nn(Cc2cc(Cl)ccc2Cl)c(C)c1C(C)N. The van der Waals surface area contributed by atoms with E-state index in [4.69, 9.17) is 28.9 Å². The first-order valence-corrected chi connectivity index (χ1v) is 6.89. The van der Waals surface area contributed by atoms with Crippen LogP contribution in [0.2, 0.25) is 10.0 Å². The number of hydrogen-bond acceptors (Lipinski definition) is 2. The lowest BCUT2D eigenvalue weighted by Crippen LogP contribution is -2.09. The van der Waals surface area contributed by atoms with Gasteiger partial charge in [-0.3, -0.25) is 4.68 Å². The van der Waals surface area contributed by atoms with Crippen molar-refractivity contribution >= 4 is 23.2 Å². The zero-order valence-corrected chi connectivity index (χ0v) is 12.8. The molecule has 0 saturated carbocycles. The quantitative estimate of drug-likeness (QED) is 0.934. The summed E-state index contributed by atoms with van der Waals surface area (Å²) >= 11 is 12.2. The summed E-state index contributed by atoms with van der Waals surface area (Å²) < 4.78 is 1.92. The van der Waals surface area contributed by atoms with E-state index in [9.17, 15) is 0 Å². The van der Waals surface area contributed by atoms with Crippen LogP contribution in [0.5, 0.6) is 0 Å². The first-order chi connectivity index (χ1) is 8.90. The Kier molecular flexibility index (Phi) is 4.19. The van der Waals surface area contributed by atoms with E-state index in [1.165, 1.54) is 0 Å². The molecular weight excluding hydrogens is 281 g/mol. The highest BCUT2D eigenvalue weighted by molar-refractivity contribution is 6.33. The van der Waals surface area contributed by atoms with Crippen molar-refractivity contribution in [3.8, 4) is 0 Å². The summed E-state index contributed by atoms with van der Waals surface area (Å²) in [6.45, 7) is 6.56. The van der Waals surface area contributed by atoms with Gasteiger partial charge in [0.15, 0.2) is 0 Å². The van der Waals surface area contributed by atoms with Crippen LogP contribution in [-0.2, 0) is 6.54 Å². The fourth-order valence-electron chi connectivity index (χ4n) is 2.35. The Hall–Kier alpha value is -1.03. The molecule has 0 aliphatic heterocycles. The van der Waals surface area contributed by atoms with E-state index in [0.29, 0.717) is 16.6 Å². The molecule has 19 heavy (non-hydrogen) atoms. The highest BCUT2D eigenvalue weighted by Crippen LogP contribution is 2.24. The second-order valence-electron chi connectivity index (χ2n) is 4.77. The lowest BCUT2D eigenvalue weighted by Gasteiger charge is -2.09. The summed E-state index contributed by atoms with van der Waals surface area (Å²) in [5, 5.41) is 5.90. The molecule has 0 spiro atoms. The maximum Gasteiger partial charge on any atom is 0.0677 e. The Bertz CT molecular complexity index is 603. The molecule has 2 aromatic rings. The lowest BCUT2D eigenvalue weighted by atomic mass is 10.1. The van der Waals surface area contributed by atoms with E-state index in [0.717, 1.165) is 22.5 Å². The van der Waals surface area contributed by atoms with Crippen molar-refractivity contribution in [2.75, 3.05) is 0 Å². The Balaban J connectivity index is 2.39. The molecule has 1 atom stereocenters. The van der Waals surface area contributed by atoms with Gasteiger partial charge in [0.05, 0.1) is 12.2 Å². The van der Waals surface area contributed by atoms with Crippen LogP contribution in [0.15, 0.2) is 18.2 Å².